The molecule has 0 radical (unpaired) electrons. The quantitative estimate of drug-likeness (QED) is 0.733. The van der Waals surface area contributed by atoms with Crippen molar-refractivity contribution >= 4 is 26.2 Å². The van der Waals surface area contributed by atoms with Crippen LogP contribution in [0.2, 0.25) is 0 Å². The number of aryl methyl sites for hydroxylation is 1. The molecule has 15 heavy (non-hydrogen) atoms. The number of halogens is 1. The summed E-state index contributed by atoms with van der Waals surface area (Å²) in [4.78, 5) is 0. The molecule has 86 valence electrons. The van der Waals surface area contributed by atoms with Gasteiger partial charge in [0.05, 0.1) is 0 Å². The van der Waals surface area contributed by atoms with Crippen LogP contribution in [-0.4, -0.2) is 5.85 Å². The predicted octanol–water partition coefficient (Wildman–Crippen LogP) is 4.34. The lowest BCUT2D eigenvalue weighted by Crippen LogP contribution is -2.08. The first-order valence-electron chi connectivity index (χ1n) is 5.22. The first-order valence-corrected chi connectivity index (χ1v) is 5.88. The van der Waals surface area contributed by atoms with E-state index in [1.54, 1.807) is 0 Å². The van der Waals surface area contributed by atoms with E-state index in [1.807, 2.05) is 18.2 Å². The molecule has 1 aromatic carbocycles. The topological polar surface area (TPSA) is 9.23 Å². The van der Waals surface area contributed by atoms with Crippen LogP contribution >= 0.6 is 26.2 Å². The number of hydrogen-bond donors (Lipinski definition) is 0. The molecular weight excluding hydrogens is 271 g/mol. The average molecular weight is 291 g/mol. The molecule has 0 aliphatic rings. The zero-order valence-corrected chi connectivity index (χ0v) is 12.3. The molecule has 0 N–H and O–H groups in total. The molecule has 0 aliphatic carbocycles. The predicted molar refractivity (Wildman–Crippen MR) is 75.2 cm³/mol. The van der Waals surface area contributed by atoms with Gasteiger partial charge >= 0.3 is 0 Å². The average Bonchev–Trinajstić information content (AvgIpc) is 2.18. The van der Waals surface area contributed by atoms with E-state index in [0.717, 1.165) is 12.2 Å². The Balaban J connectivity index is 0.00000196. The van der Waals surface area contributed by atoms with Gasteiger partial charge < -0.3 is 4.74 Å². The number of benzene rings is 1. The van der Waals surface area contributed by atoms with E-state index in [2.05, 4.69) is 29.2 Å². The van der Waals surface area contributed by atoms with Gasteiger partial charge in [-0.2, -0.15) is 0 Å². The second-order valence-corrected chi connectivity index (χ2v) is 4.31. The molecule has 0 aliphatic heterocycles. The van der Waals surface area contributed by atoms with Gasteiger partial charge in [0.2, 0.25) is 0 Å². The third-order valence-corrected chi connectivity index (χ3v) is 2.68. The molecule has 0 heterocycles. The van der Waals surface area contributed by atoms with E-state index in [1.165, 1.54) is 18.4 Å². The Morgan fingerprint density at radius 2 is 2.00 bits per heavy atom. The van der Waals surface area contributed by atoms with Crippen LogP contribution in [0.15, 0.2) is 24.3 Å². The first kappa shape index (κ1) is 14.9. The molecule has 0 spiro atoms. The zero-order valence-electron chi connectivity index (χ0n) is 9.40. The molecule has 0 bridgehead atoms. The summed E-state index contributed by atoms with van der Waals surface area (Å²) in [5.41, 5.74) is 1.21. The maximum atomic E-state index is 5.81. The SMILES string of the molecule is Br.CCCCC(P)Oc1ccccc1C. The molecular formula is C12H20BrOP. The smallest absolute Gasteiger partial charge is 0.123 e. The molecule has 0 amide bonds. The minimum absolute atomic E-state index is 0. The van der Waals surface area contributed by atoms with Gasteiger partial charge in [-0.1, -0.05) is 40.8 Å². The summed E-state index contributed by atoms with van der Waals surface area (Å²) in [7, 11) is 2.76. The highest BCUT2D eigenvalue weighted by Crippen LogP contribution is 2.21. The second-order valence-electron chi connectivity index (χ2n) is 3.56. The van der Waals surface area contributed by atoms with E-state index in [0.29, 0.717) is 0 Å². The fraction of sp³-hybridized carbons (Fsp3) is 0.500. The summed E-state index contributed by atoms with van der Waals surface area (Å²) in [6.45, 7) is 4.28. The summed E-state index contributed by atoms with van der Waals surface area (Å²) in [5.74, 6) is 1.25. The largest absolute Gasteiger partial charge is 0.486 e. The van der Waals surface area contributed by atoms with Crippen LogP contribution in [0.4, 0.5) is 0 Å². The minimum Gasteiger partial charge on any atom is -0.486 e. The Morgan fingerprint density at radius 3 is 2.60 bits per heavy atom. The summed E-state index contributed by atoms with van der Waals surface area (Å²) >= 11 is 0. The number of para-hydroxylation sites is 1. The molecule has 0 saturated carbocycles. The minimum atomic E-state index is 0. The van der Waals surface area contributed by atoms with Gasteiger partial charge in [-0.05, 0) is 31.4 Å². The number of hydrogen-bond acceptors (Lipinski definition) is 1. The summed E-state index contributed by atoms with van der Waals surface area (Å²) in [5, 5.41) is 0. The Hall–Kier alpha value is -0.0700. The van der Waals surface area contributed by atoms with Crippen molar-refractivity contribution in [1.82, 2.24) is 0 Å². The monoisotopic (exact) mass is 290 g/mol. The molecule has 0 fully saturated rings. The van der Waals surface area contributed by atoms with E-state index in [9.17, 15) is 0 Å². The van der Waals surface area contributed by atoms with Crippen molar-refractivity contribution in [2.45, 2.75) is 39.0 Å². The Morgan fingerprint density at radius 1 is 1.33 bits per heavy atom. The highest BCUT2D eigenvalue weighted by molar-refractivity contribution is 8.93. The van der Waals surface area contributed by atoms with Crippen molar-refractivity contribution in [2.75, 3.05) is 0 Å². The van der Waals surface area contributed by atoms with Crippen LogP contribution in [0.25, 0.3) is 0 Å². The molecule has 1 nitrogen and oxygen atoms in total. The summed E-state index contributed by atoms with van der Waals surface area (Å²) < 4.78 is 5.81. The van der Waals surface area contributed by atoms with Crippen LogP contribution in [0, 0.1) is 6.92 Å². The van der Waals surface area contributed by atoms with E-state index < -0.39 is 0 Å². The van der Waals surface area contributed by atoms with Crippen LogP contribution in [0.3, 0.4) is 0 Å². The Kier molecular flexibility index (Phi) is 8.09. The van der Waals surface area contributed by atoms with Crippen LogP contribution in [0.1, 0.15) is 31.7 Å². The van der Waals surface area contributed by atoms with Gasteiger partial charge in [0.25, 0.3) is 0 Å². The van der Waals surface area contributed by atoms with Crippen molar-refractivity contribution in [3.63, 3.8) is 0 Å². The van der Waals surface area contributed by atoms with E-state index in [-0.39, 0.29) is 22.8 Å². The molecule has 0 aromatic heterocycles. The van der Waals surface area contributed by atoms with Crippen LogP contribution in [-0.2, 0) is 0 Å². The molecule has 1 rings (SSSR count). The van der Waals surface area contributed by atoms with Gasteiger partial charge in [-0.3, -0.25) is 0 Å². The fourth-order valence-corrected chi connectivity index (χ4v) is 1.70. The van der Waals surface area contributed by atoms with Crippen molar-refractivity contribution in [3.05, 3.63) is 29.8 Å². The fourth-order valence-electron chi connectivity index (χ4n) is 1.32. The van der Waals surface area contributed by atoms with Crippen molar-refractivity contribution in [2.24, 2.45) is 0 Å². The van der Waals surface area contributed by atoms with Crippen molar-refractivity contribution in [3.8, 4) is 5.75 Å². The van der Waals surface area contributed by atoms with Gasteiger partial charge in [-0.25, -0.2) is 0 Å². The molecule has 0 saturated heterocycles. The highest BCUT2D eigenvalue weighted by Gasteiger charge is 2.04. The third-order valence-electron chi connectivity index (χ3n) is 2.21. The van der Waals surface area contributed by atoms with Crippen LogP contribution in [0.5, 0.6) is 5.75 Å². The maximum Gasteiger partial charge on any atom is 0.123 e. The number of unbranched alkanes of at least 4 members (excludes halogenated alkanes) is 1. The highest BCUT2D eigenvalue weighted by atomic mass is 79.9. The van der Waals surface area contributed by atoms with E-state index >= 15 is 0 Å². The maximum absolute atomic E-state index is 5.81. The normalized spacial score (nSPS) is 11.7. The Bertz CT molecular complexity index is 278. The molecule has 2 unspecified atom stereocenters. The van der Waals surface area contributed by atoms with Crippen molar-refractivity contribution in [1.29, 1.82) is 0 Å². The lowest BCUT2D eigenvalue weighted by molar-refractivity contribution is 0.270. The standard InChI is InChI=1S/C12H19OP.BrH/c1-3-4-9-12(14)13-11-8-6-5-7-10(11)2;/h5-8,12H,3-4,9,14H2,1-2H3;1H. The van der Waals surface area contributed by atoms with Gasteiger partial charge in [0.15, 0.2) is 0 Å². The molecule has 1 aromatic rings. The lowest BCUT2D eigenvalue weighted by Gasteiger charge is -2.15. The summed E-state index contributed by atoms with van der Waals surface area (Å²) in [6.07, 6.45) is 3.55. The van der Waals surface area contributed by atoms with Crippen LogP contribution < -0.4 is 4.74 Å². The number of ether oxygens (including phenoxy) is 1. The third kappa shape index (κ3) is 5.53. The Labute approximate surface area is 106 Å². The number of rotatable bonds is 5. The van der Waals surface area contributed by atoms with Gasteiger partial charge in [0.1, 0.15) is 11.6 Å². The van der Waals surface area contributed by atoms with Gasteiger partial charge in [-0.15, -0.1) is 17.0 Å². The lowest BCUT2D eigenvalue weighted by atomic mass is 10.2. The van der Waals surface area contributed by atoms with Gasteiger partial charge in [0, 0.05) is 0 Å². The second kappa shape index (κ2) is 8.13. The molecule has 2 atom stereocenters. The zero-order chi connectivity index (χ0) is 10.4. The molecule has 3 heteroatoms. The van der Waals surface area contributed by atoms with Crippen molar-refractivity contribution < 1.29 is 4.74 Å². The summed E-state index contributed by atoms with van der Waals surface area (Å²) in [6, 6.07) is 8.15. The van der Waals surface area contributed by atoms with E-state index in [4.69, 9.17) is 4.74 Å². The first-order chi connectivity index (χ1) is 6.74.